The number of urea groups is 1. The smallest absolute Gasteiger partial charge is 0.325 e. The fraction of sp³-hybridized carbons (Fsp3) is 0.393. The number of likely N-dealkylation sites (N-methyl/N-ethyl adjacent to an activating group) is 1. The van der Waals surface area contributed by atoms with Gasteiger partial charge in [0.15, 0.2) is 0 Å². The van der Waals surface area contributed by atoms with E-state index in [2.05, 4.69) is 15.6 Å². The summed E-state index contributed by atoms with van der Waals surface area (Å²) < 4.78 is 41.5. The summed E-state index contributed by atoms with van der Waals surface area (Å²) in [6.45, 7) is -0.508. The summed E-state index contributed by atoms with van der Waals surface area (Å²) >= 11 is 0. The first-order valence-electron chi connectivity index (χ1n) is 13.0. The Balaban J connectivity index is 1.25. The van der Waals surface area contributed by atoms with Crippen molar-refractivity contribution in [2.75, 3.05) is 18.9 Å². The van der Waals surface area contributed by atoms with E-state index in [1.54, 1.807) is 25.2 Å². The fourth-order valence-electron chi connectivity index (χ4n) is 6.34. The molecular weight excluding hydrogens is 527 g/mol. The van der Waals surface area contributed by atoms with Crippen LogP contribution in [-0.4, -0.2) is 64.1 Å². The quantitative estimate of drug-likeness (QED) is 0.567. The third kappa shape index (κ3) is 3.96. The molecule has 2 heterocycles. The van der Waals surface area contributed by atoms with Gasteiger partial charge in [-0.2, -0.15) is 13.2 Å². The van der Waals surface area contributed by atoms with Crippen molar-refractivity contribution < 1.29 is 32.3 Å². The number of amides is 5. The minimum atomic E-state index is -4.67. The van der Waals surface area contributed by atoms with Crippen LogP contribution < -0.4 is 10.6 Å². The van der Waals surface area contributed by atoms with Crippen LogP contribution in [0, 0.1) is 0 Å². The summed E-state index contributed by atoms with van der Waals surface area (Å²) in [5.74, 6) is -1.59. The standard InChI is InChI=1S/C28H26F3N5O4/c1-35-25(40)33-23(38)27(35)13-16-8-9-18(12-17(16)14-27)32-21(37)15-36-22(34-26(24(36)39)10-4-5-11-26)19-6-2-3-7-20(19)28(29,30)31/h2-3,6-9,12H,4-5,10-11,13-15H2,1H3,(H,32,37)(H,33,38,40)/t27-/m0/s1. The SMILES string of the molecule is CN1C(=O)NC(=O)[C@@]12Cc1ccc(NC(=O)CN3C(=O)C4(CCCC4)N=C3c3ccccc3C(F)(F)F)cc1C2. The highest BCUT2D eigenvalue weighted by atomic mass is 19.4. The van der Waals surface area contributed by atoms with Crippen molar-refractivity contribution >= 4 is 35.3 Å². The molecule has 208 valence electrons. The predicted octanol–water partition coefficient (Wildman–Crippen LogP) is 3.26. The molecule has 2 aromatic carbocycles. The lowest BCUT2D eigenvalue weighted by molar-refractivity contribution is -0.138. The maximum atomic E-state index is 13.8. The number of hydrogen-bond donors (Lipinski definition) is 2. The molecule has 6 rings (SSSR count). The molecule has 5 amide bonds. The Labute approximate surface area is 227 Å². The number of alkyl halides is 3. The van der Waals surface area contributed by atoms with E-state index in [1.807, 2.05) is 0 Å². The first-order valence-corrected chi connectivity index (χ1v) is 13.0. The van der Waals surface area contributed by atoms with Crippen LogP contribution in [0.15, 0.2) is 47.5 Å². The molecule has 9 nitrogen and oxygen atoms in total. The first-order chi connectivity index (χ1) is 18.9. The molecule has 0 aromatic heterocycles. The number of rotatable bonds is 4. The Morgan fingerprint density at radius 3 is 2.42 bits per heavy atom. The maximum Gasteiger partial charge on any atom is 0.417 e. The maximum absolute atomic E-state index is 13.8. The third-order valence-electron chi connectivity index (χ3n) is 8.47. The monoisotopic (exact) mass is 553 g/mol. The zero-order valence-corrected chi connectivity index (χ0v) is 21.6. The van der Waals surface area contributed by atoms with Crippen LogP contribution in [0.3, 0.4) is 0 Å². The van der Waals surface area contributed by atoms with Crippen LogP contribution in [0.1, 0.15) is 47.9 Å². The lowest BCUT2D eigenvalue weighted by Gasteiger charge is -2.27. The van der Waals surface area contributed by atoms with Crippen LogP contribution in [0.5, 0.6) is 0 Å². The second kappa shape index (κ2) is 8.90. The van der Waals surface area contributed by atoms with Gasteiger partial charge in [-0.05, 0) is 42.2 Å². The molecule has 1 atom stereocenters. The molecule has 0 unspecified atom stereocenters. The molecule has 12 heteroatoms. The van der Waals surface area contributed by atoms with Gasteiger partial charge in [-0.3, -0.25) is 29.6 Å². The average Bonchev–Trinajstić information content (AvgIpc) is 3.64. The van der Waals surface area contributed by atoms with Crippen molar-refractivity contribution in [3.8, 4) is 0 Å². The van der Waals surface area contributed by atoms with Crippen molar-refractivity contribution in [3.63, 3.8) is 0 Å². The lowest BCUT2D eigenvalue weighted by Crippen LogP contribution is -2.48. The van der Waals surface area contributed by atoms with E-state index in [0.717, 1.165) is 34.9 Å². The number of hydrogen-bond acceptors (Lipinski definition) is 5. The van der Waals surface area contributed by atoms with Crippen molar-refractivity contribution in [2.24, 2.45) is 4.99 Å². The van der Waals surface area contributed by atoms with Crippen LogP contribution in [0.4, 0.5) is 23.7 Å². The van der Waals surface area contributed by atoms with Crippen LogP contribution in [0.2, 0.25) is 0 Å². The predicted molar refractivity (Wildman–Crippen MR) is 137 cm³/mol. The zero-order valence-electron chi connectivity index (χ0n) is 21.6. The molecule has 1 saturated carbocycles. The number of imide groups is 1. The highest BCUT2D eigenvalue weighted by Gasteiger charge is 2.54. The summed E-state index contributed by atoms with van der Waals surface area (Å²) in [6, 6.07) is 9.59. The van der Waals surface area contributed by atoms with Gasteiger partial charge in [0.05, 0.1) is 5.56 Å². The summed E-state index contributed by atoms with van der Waals surface area (Å²) in [5, 5.41) is 5.07. The summed E-state index contributed by atoms with van der Waals surface area (Å²) in [5.41, 5.74) is -1.27. The molecular formula is C28H26F3N5O4. The van der Waals surface area contributed by atoms with Crippen molar-refractivity contribution in [3.05, 3.63) is 64.7 Å². The van der Waals surface area contributed by atoms with Crippen molar-refractivity contribution in [1.82, 2.24) is 15.1 Å². The number of benzene rings is 2. The van der Waals surface area contributed by atoms with E-state index in [1.165, 1.54) is 23.1 Å². The van der Waals surface area contributed by atoms with Gasteiger partial charge in [0.1, 0.15) is 23.5 Å². The van der Waals surface area contributed by atoms with Gasteiger partial charge in [0.25, 0.3) is 11.8 Å². The molecule has 2 N–H and O–H groups in total. The van der Waals surface area contributed by atoms with Gasteiger partial charge in [-0.15, -0.1) is 0 Å². The number of nitrogens with one attached hydrogen (secondary N) is 2. The molecule has 0 radical (unpaired) electrons. The number of aliphatic imine (C=N–C) groups is 1. The molecule has 40 heavy (non-hydrogen) atoms. The molecule has 2 aromatic rings. The highest BCUT2D eigenvalue weighted by Crippen LogP contribution is 2.42. The van der Waals surface area contributed by atoms with Crippen LogP contribution in [-0.2, 0) is 33.4 Å². The molecule has 1 saturated heterocycles. The number of halogens is 3. The first kappa shape index (κ1) is 26.0. The van der Waals surface area contributed by atoms with Crippen LogP contribution >= 0.6 is 0 Å². The molecule has 2 fully saturated rings. The Bertz CT molecular complexity index is 1500. The molecule has 4 aliphatic rings. The summed E-state index contributed by atoms with van der Waals surface area (Å²) in [6.07, 6.45) is -1.78. The van der Waals surface area contributed by atoms with E-state index in [4.69, 9.17) is 0 Å². The van der Waals surface area contributed by atoms with Crippen LogP contribution in [0.25, 0.3) is 0 Å². The Hall–Kier alpha value is -4.22. The van der Waals surface area contributed by atoms with E-state index in [0.29, 0.717) is 24.9 Å². The minimum absolute atomic E-state index is 0.147. The highest BCUT2D eigenvalue weighted by molar-refractivity contribution is 6.18. The van der Waals surface area contributed by atoms with Gasteiger partial charge in [-0.1, -0.05) is 37.1 Å². The number of carbonyl (C=O) groups is 4. The second-order valence-electron chi connectivity index (χ2n) is 10.8. The zero-order chi connectivity index (χ0) is 28.4. The van der Waals surface area contributed by atoms with E-state index >= 15 is 0 Å². The summed E-state index contributed by atoms with van der Waals surface area (Å²) in [7, 11) is 1.56. The van der Waals surface area contributed by atoms with Gasteiger partial charge in [-0.25, -0.2) is 4.79 Å². The molecule has 2 aliphatic carbocycles. The normalized spacial score (nSPS) is 23.3. The topological polar surface area (TPSA) is 111 Å². The van der Waals surface area contributed by atoms with Gasteiger partial charge in [0.2, 0.25) is 5.91 Å². The Kier molecular flexibility index (Phi) is 5.79. The Morgan fingerprint density at radius 2 is 1.75 bits per heavy atom. The van der Waals surface area contributed by atoms with Crippen molar-refractivity contribution in [1.29, 1.82) is 0 Å². The third-order valence-corrected chi connectivity index (χ3v) is 8.47. The number of carbonyl (C=O) groups excluding carboxylic acids is 4. The molecule has 2 spiro atoms. The second-order valence-corrected chi connectivity index (χ2v) is 10.8. The number of nitrogens with zero attached hydrogens (tertiary/aromatic N) is 3. The van der Waals surface area contributed by atoms with Gasteiger partial charge < -0.3 is 10.2 Å². The number of amidine groups is 1. The Morgan fingerprint density at radius 1 is 1.05 bits per heavy atom. The van der Waals surface area contributed by atoms with E-state index in [-0.39, 0.29) is 23.7 Å². The molecule has 2 aliphatic heterocycles. The minimum Gasteiger partial charge on any atom is -0.325 e. The van der Waals surface area contributed by atoms with Crippen molar-refractivity contribution in [2.45, 2.75) is 55.8 Å². The summed E-state index contributed by atoms with van der Waals surface area (Å²) in [4.78, 5) is 58.3. The average molecular weight is 554 g/mol. The van der Waals surface area contributed by atoms with Gasteiger partial charge >= 0.3 is 12.2 Å². The van der Waals surface area contributed by atoms with Gasteiger partial charge in [0, 0.05) is 31.1 Å². The largest absolute Gasteiger partial charge is 0.417 e. The fourth-order valence-corrected chi connectivity index (χ4v) is 6.34. The van der Waals surface area contributed by atoms with E-state index < -0.39 is 47.2 Å². The molecule has 0 bridgehead atoms. The lowest BCUT2D eigenvalue weighted by atomic mass is 9.95. The van der Waals surface area contributed by atoms with E-state index in [9.17, 15) is 32.3 Å². The number of fused-ring (bicyclic) bond motifs is 1. The number of anilines is 1.